The highest BCUT2D eigenvalue weighted by Crippen LogP contribution is 2.49. The fourth-order valence-electron chi connectivity index (χ4n) is 6.44. The standard InChI is InChI=1S/C35H34F4N2O7/c1-18-30(42)31(43)32(44)34(46-18)47-23-7-9-25-27(13-23)40-15-26-24-8-4-21(35(37,38)39)12-28(24)48-33(29(25)26)20-2-5-22(6-3-20)45-11-10-41-16-19(14-36)17-41/h2-9,12-13,15,18-19,30-34,42-44H,10-11,14,16-17H2,1H3/t18-,30+,31-,32+,33+,34-/m0/s1. The molecule has 1 aromatic heterocycles. The van der Waals surface area contributed by atoms with E-state index < -0.39 is 48.5 Å². The van der Waals surface area contributed by atoms with Crippen LogP contribution in [0.2, 0.25) is 0 Å². The van der Waals surface area contributed by atoms with Gasteiger partial charge >= 0.3 is 6.18 Å². The lowest BCUT2D eigenvalue weighted by atomic mass is 9.87. The largest absolute Gasteiger partial charge is 0.492 e. The zero-order chi connectivity index (χ0) is 33.7. The van der Waals surface area contributed by atoms with Crippen LogP contribution in [0.1, 0.15) is 29.7 Å². The van der Waals surface area contributed by atoms with Crippen molar-refractivity contribution in [2.75, 3.05) is 32.9 Å². The summed E-state index contributed by atoms with van der Waals surface area (Å²) >= 11 is 0. The topological polar surface area (TPSA) is 114 Å². The van der Waals surface area contributed by atoms with E-state index in [9.17, 15) is 32.9 Å². The summed E-state index contributed by atoms with van der Waals surface area (Å²) in [5, 5.41) is 31.3. The Morgan fingerprint density at radius 2 is 1.67 bits per heavy atom. The van der Waals surface area contributed by atoms with Crippen molar-refractivity contribution in [3.63, 3.8) is 0 Å². The molecule has 3 aromatic carbocycles. The van der Waals surface area contributed by atoms with Gasteiger partial charge in [0.25, 0.3) is 0 Å². The highest BCUT2D eigenvalue weighted by Gasteiger charge is 2.43. The summed E-state index contributed by atoms with van der Waals surface area (Å²) in [4.78, 5) is 6.71. The van der Waals surface area contributed by atoms with Gasteiger partial charge in [-0.2, -0.15) is 13.2 Å². The van der Waals surface area contributed by atoms with Gasteiger partial charge in [0.15, 0.2) is 6.10 Å². The van der Waals surface area contributed by atoms with E-state index in [-0.39, 0.29) is 24.1 Å². The number of hydrogen-bond acceptors (Lipinski definition) is 9. The first-order chi connectivity index (χ1) is 23.0. The van der Waals surface area contributed by atoms with E-state index in [1.165, 1.54) is 6.07 Å². The third-order valence-electron chi connectivity index (χ3n) is 9.16. The average molecular weight is 671 g/mol. The Kier molecular flexibility index (Phi) is 8.67. The lowest BCUT2D eigenvalue weighted by molar-refractivity contribution is -0.268. The summed E-state index contributed by atoms with van der Waals surface area (Å²) in [5.41, 5.74) is 2.08. The average Bonchev–Trinajstić information content (AvgIpc) is 3.06. The number of aliphatic hydroxyl groups is 3. The Hall–Kier alpha value is -4.01. The Bertz CT molecular complexity index is 1780. The van der Waals surface area contributed by atoms with Crippen LogP contribution in [0.4, 0.5) is 17.6 Å². The van der Waals surface area contributed by atoms with Gasteiger partial charge in [0, 0.05) is 59.9 Å². The first-order valence-corrected chi connectivity index (χ1v) is 15.7. The minimum absolute atomic E-state index is 0.0724. The minimum atomic E-state index is -4.56. The lowest BCUT2D eigenvalue weighted by Crippen LogP contribution is -2.58. The smallest absolute Gasteiger partial charge is 0.416 e. The van der Waals surface area contributed by atoms with Crippen LogP contribution in [-0.4, -0.2) is 88.8 Å². The number of aromatic nitrogens is 1. The van der Waals surface area contributed by atoms with Gasteiger partial charge in [-0.05, 0) is 55.0 Å². The van der Waals surface area contributed by atoms with Gasteiger partial charge in [-0.3, -0.25) is 14.3 Å². The molecule has 2 fully saturated rings. The van der Waals surface area contributed by atoms with E-state index in [1.807, 2.05) is 0 Å². The van der Waals surface area contributed by atoms with E-state index in [0.29, 0.717) is 65.1 Å². The van der Waals surface area contributed by atoms with Crippen LogP contribution < -0.4 is 14.2 Å². The molecule has 3 aliphatic heterocycles. The van der Waals surface area contributed by atoms with Crippen molar-refractivity contribution in [2.45, 2.75) is 49.9 Å². The van der Waals surface area contributed by atoms with Crippen LogP contribution >= 0.6 is 0 Å². The summed E-state index contributed by atoms with van der Waals surface area (Å²) in [7, 11) is 0. The molecule has 6 atom stereocenters. The van der Waals surface area contributed by atoms with Gasteiger partial charge in [0.05, 0.1) is 23.9 Å². The van der Waals surface area contributed by atoms with Gasteiger partial charge in [-0.25, -0.2) is 0 Å². The van der Waals surface area contributed by atoms with Gasteiger partial charge in [0.1, 0.15) is 42.2 Å². The second-order valence-corrected chi connectivity index (χ2v) is 12.5. The summed E-state index contributed by atoms with van der Waals surface area (Å²) < 4.78 is 77.4. The molecule has 3 N–H and O–H groups in total. The van der Waals surface area contributed by atoms with Gasteiger partial charge in [-0.1, -0.05) is 12.1 Å². The molecule has 3 aliphatic rings. The van der Waals surface area contributed by atoms with Gasteiger partial charge < -0.3 is 34.3 Å². The van der Waals surface area contributed by atoms with Crippen molar-refractivity contribution in [3.05, 3.63) is 83.6 Å². The molecule has 4 aromatic rings. The molecule has 7 rings (SSSR count). The van der Waals surface area contributed by atoms with Crippen molar-refractivity contribution in [1.82, 2.24) is 9.88 Å². The first kappa shape index (κ1) is 32.5. The second-order valence-electron chi connectivity index (χ2n) is 12.5. The maximum absolute atomic E-state index is 13.7. The molecular weight excluding hydrogens is 636 g/mol. The number of aliphatic hydroxyl groups excluding tert-OH is 3. The molecule has 0 saturated carbocycles. The lowest BCUT2D eigenvalue weighted by Gasteiger charge is -2.38. The molecule has 13 heteroatoms. The van der Waals surface area contributed by atoms with Crippen LogP contribution in [0.5, 0.6) is 17.2 Å². The third kappa shape index (κ3) is 6.16. The van der Waals surface area contributed by atoms with Crippen molar-refractivity contribution in [3.8, 4) is 28.4 Å². The van der Waals surface area contributed by atoms with E-state index in [1.54, 1.807) is 55.6 Å². The zero-order valence-electron chi connectivity index (χ0n) is 25.8. The maximum Gasteiger partial charge on any atom is 0.416 e. The molecule has 4 heterocycles. The number of benzene rings is 3. The predicted octanol–water partition coefficient (Wildman–Crippen LogP) is 4.89. The molecule has 0 amide bonds. The van der Waals surface area contributed by atoms with Gasteiger partial charge in [0.2, 0.25) is 6.29 Å². The fourth-order valence-corrected chi connectivity index (χ4v) is 6.44. The molecule has 0 bridgehead atoms. The Labute approximate surface area is 273 Å². The molecule has 2 saturated heterocycles. The molecule has 0 spiro atoms. The highest BCUT2D eigenvalue weighted by molar-refractivity contribution is 5.92. The Morgan fingerprint density at radius 1 is 0.917 bits per heavy atom. The van der Waals surface area contributed by atoms with Crippen molar-refractivity contribution < 1.29 is 51.8 Å². The van der Waals surface area contributed by atoms with Crippen LogP contribution in [0.15, 0.2) is 66.9 Å². The fraction of sp³-hybridized carbons (Fsp3) is 0.400. The first-order valence-electron chi connectivity index (χ1n) is 15.7. The van der Waals surface area contributed by atoms with Crippen molar-refractivity contribution in [1.29, 1.82) is 0 Å². The maximum atomic E-state index is 13.7. The van der Waals surface area contributed by atoms with Crippen molar-refractivity contribution in [2.24, 2.45) is 5.92 Å². The van der Waals surface area contributed by atoms with Crippen LogP contribution in [0, 0.1) is 5.92 Å². The number of rotatable bonds is 8. The monoisotopic (exact) mass is 670 g/mol. The number of halogens is 4. The van der Waals surface area contributed by atoms with E-state index in [4.69, 9.17) is 18.9 Å². The normalized spacial score (nSPS) is 25.9. The number of hydrogen-bond donors (Lipinski definition) is 3. The number of ether oxygens (including phenoxy) is 4. The molecule has 0 unspecified atom stereocenters. The number of fused-ring (bicyclic) bond motifs is 5. The van der Waals surface area contributed by atoms with Crippen LogP contribution in [0.25, 0.3) is 22.0 Å². The van der Waals surface area contributed by atoms with Crippen LogP contribution in [0.3, 0.4) is 0 Å². The minimum Gasteiger partial charge on any atom is -0.492 e. The molecule has 48 heavy (non-hydrogen) atoms. The Balaban J connectivity index is 1.20. The number of pyridine rings is 1. The predicted molar refractivity (Wildman–Crippen MR) is 165 cm³/mol. The SMILES string of the molecule is C[C@@H]1O[C@@H](Oc2ccc3c4c(cnc3c2)-c2ccc(C(F)(F)F)cc2O[C@@H]4c2ccc(OCCN3CC(CF)C3)cc2)[C@H](O)[C@@H](O)[C@@H]1O. The Morgan fingerprint density at radius 3 is 2.40 bits per heavy atom. The summed E-state index contributed by atoms with van der Waals surface area (Å²) in [5.74, 6) is 1.05. The molecule has 9 nitrogen and oxygen atoms in total. The number of nitrogens with zero attached hydrogens (tertiary/aromatic N) is 2. The second kappa shape index (κ2) is 12.8. The van der Waals surface area contributed by atoms with E-state index in [0.717, 1.165) is 12.1 Å². The number of alkyl halides is 4. The van der Waals surface area contributed by atoms with Crippen LogP contribution in [-0.2, 0) is 10.9 Å². The summed E-state index contributed by atoms with van der Waals surface area (Å²) in [6, 6.07) is 15.5. The molecule has 254 valence electrons. The summed E-state index contributed by atoms with van der Waals surface area (Å²) in [6.45, 7) is 3.77. The molecule has 0 radical (unpaired) electrons. The number of likely N-dealkylation sites (tertiary alicyclic amines) is 1. The van der Waals surface area contributed by atoms with E-state index in [2.05, 4.69) is 9.88 Å². The van der Waals surface area contributed by atoms with Crippen molar-refractivity contribution >= 4 is 10.9 Å². The molecular formula is C35H34F4N2O7. The van der Waals surface area contributed by atoms with Gasteiger partial charge in [-0.15, -0.1) is 0 Å². The van der Waals surface area contributed by atoms with E-state index >= 15 is 0 Å². The summed E-state index contributed by atoms with van der Waals surface area (Å²) in [6.07, 6.45) is -10.1. The quantitative estimate of drug-likeness (QED) is 0.226. The zero-order valence-corrected chi connectivity index (χ0v) is 25.8. The molecule has 0 aliphatic carbocycles. The third-order valence-corrected chi connectivity index (χ3v) is 9.16. The highest BCUT2D eigenvalue weighted by atomic mass is 19.4.